The number of benzene rings is 1. The van der Waals surface area contributed by atoms with Crippen molar-refractivity contribution in [3.63, 3.8) is 0 Å². The van der Waals surface area contributed by atoms with Crippen molar-refractivity contribution in [2.24, 2.45) is 0 Å². The number of para-hydroxylation sites is 1. The van der Waals surface area contributed by atoms with Gasteiger partial charge in [0.2, 0.25) is 0 Å². The van der Waals surface area contributed by atoms with Gasteiger partial charge in [0.15, 0.2) is 5.69 Å². The van der Waals surface area contributed by atoms with Gasteiger partial charge in [0.25, 0.3) is 0 Å². The number of rotatable bonds is 5. The molecule has 19 heavy (non-hydrogen) atoms. The van der Waals surface area contributed by atoms with Crippen molar-refractivity contribution in [1.29, 1.82) is 0 Å². The molecule has 1 heterocycles. The predicted octanol–water partition coefficient (Wildman–Crippen LogP) is 2.81. The van der Waals surface area contributed by atoms with Crippen LogP contribution in [0.25, 0.3) is 0 Å². The summed E-state index contributed by atoms with van der Waals surface area (Å²) in [5, 5.41) is 9.14. The molecule has 0 saturated carbocycles. The standard InChI is InChI=1S/C15H16N2O2/c1-2-17(13-8-4-3-5-9-13)11-12-7-6-10-16-14(12)15(18)19/h3-10H,2,11H2,1H3,(H,18,19). The molecule has 98 valence electrons. The van der Waals surface area contributed by atoms with Gasteiger partial charge in [-0.3, -0.25) is 0 Å². The number of pyridine rings is 1. The van der Waals surface area contributed by atoms with Crippen LogP contribution in [0.5, 0.6) is 0 Å². The molecule has 1 aromatic carbocycles. The van der Waals surface area contributed by atoms with Crippen LogP contribution in [0.2, 0.25) is 0 Å². The molecule has 0 aliphatic heterocycles. The summed E-state index contributed by atoms with van der Waals surface area (Å²) in [5.74, 6) is -0.986. The second-order valence-electron chi connectivity index (χ2n) is 4.17. The summed E-state index contributed by atoms with van der Waals surface area (Å²) in [4.78, 5) is 17.2. The van der Waals surface area contributed by atoms with E-state index in [1.54, 1.807) is 6.07 Å². The Balaban J connectivity index is 2.27. The van der Waals surface area contributed by atoms with E-state index in [1.807, 2.05) is 43.3 Å². The summed E-state index contributed by atoms with van der Waals surface area (Å²) < 4.78 is 0. The van der Waals surface area contributed by atoms with E-state index in [9.17, 15) is 4.79 Å². The number of hydrogen-bond acceptors (Lipinski definition) is 3. The van der Waals surface area contributed by atoms with Crippen LogP contribution in [0.15, 0.2) is 48.7 Å². The van der Waals surface area contributed by atoms with Crippen molar-refractivity contribution in [3.05, 3.63) is 59.9 Å². The fourth-order valence-corrected chi connectivity index (χ4v) is 1.99. The molecule has 1 aromatic heterocycles. The molecule has 0 aliphatic carbocycles. The summed E-state index contributed by atoms with van der Waals surface area (Å²) in [7, 11) is 0. The summed E-state index contributed by atoms with van der Waals surface area (Å²) in [6.07, 6.45) is 1.51. The maximum Gasteiger partial charge on any atom is 0.354 e. The SMILES string of the molecule is CCN(Cc1cccnc1C(=O)O)c1ccccc1. The predicted molar refractivity (Wildman–Crippen MR) is 74.4 cm³/mol. The monoisotopic (exact) mass is 256 g/mol. The zero-order valence-corrected chi connectivity index (χ0v) is 10.8. The molecule has 0 aliphatic rings. The van der Waals surface area contributed by atoms with E-state index in [0.717, 1.165) is 17.8 Å². The Labute approximate surface area is 112 Å². The molecule has 0 radical (unpaired) electrons. The largest absolute Gasteiger partial charge is 0.477 e. The molecule has 0 unspecified atom stereocenters. The van der Waals surface area contributed by atoms with Gasteiger partial charge >= 0.3 is 5.97 Å². The lowest BCUT2D eigenvalue weighted by Crippen LogP contribution is -2.23. The fourth-order valence-electron chi connectivity index (χ4n) is 1.99. The second kappa shape index (κ2) is 6.00. The average molecular weight is 256 g/mol. The Bertz CT molecular complexity index is 555. The van der Waals surface area contributed by atoms with Gasteiger partial charge < -0.3 is 10.0 Å². The molecule has 1 N–H and O–H groups in total. The van der Waals surface area contributed by atoms with Crippen molar-refractivity contribution in [1.82, 2.24) is 4.98 Å². The van der Waals surface area contributed by atoms with E-state index in [2.05, 4.69) is 9.88 Å². The van der Waals surface area contributed by atoms with Gasteiger partial charge in [0.1, 0.15) is 0 Å². The molecular weight excluding hydrogens is 240 g/mol. The first-order chi connectivity index (χ1) is 9.22. The highest BCUT2D eigenvalue weighted by molar-refractivity contribution is 5.87. The van der Waals surface area contributed by atoms with Crippen LogP contribution in [0.1, 0.15) is 23.0 Å². The van der Waals surface area contributed by atoms with Gasteiger partial charge in [0.05, 0.1) is 0 Å². The molecule has 0 amide bonds. The number of carboxylic acids is 1. The molecule has 2 rings (SSSR count). The van der Waals surface area contributed by atoms with Crippen molar-refractivity contribution >= 4 is 11.7 Å². The zero-order valence-electron chi connectivity index (χ0n) is 10.8. The van der Waals surface area contributed by atoms with Gasteiger partial charge in [-0.15, -0.1) is 0 Å². The van der Waals surface area contributed by atoms with Gasteiger partial charge in [-0.1, -0.05) is 24.3 Å². The molecular formula is C15H16N2O2. The lowest BCUT2D eigenvalue weighted by molar-refractivity contribution is 0.0689. The maximum atomic E-state index is 11.1. The molecule has 2 aromatic rings. The van der Waals surface area contributed by atoms with Crippen molar-refractivity contribution < 1.29 is 9.90 Å². The second-order valence-corrected chi connectivity index (χ2v) is 4.17. The van der Waals surface area contributed by atoms with Gasteiger partial charge in [-0.2, -0.15) is 0 Å². The number of aromatic nitrogens is 1. The Morgan fingerprint density at radius 2 is 1.95 bits per heavy atom. The quantitative estimate of drug-likeness (QED) is 0.893. The lowest BCUT2D eigenvalue weighted by Gasteiger charge is -2.23. The molecule has 4 nitrogen and oxygen atoms in total. The highest BCUT2D eigenvalue weighted by Crippen LogP contribution is 2.17. The summed E-state index contributed by atoms with van der Waals surface area (Å²) in [6.45, 7) is 3.39. The number of carboxylic acid groups (broad SMARTS) is 1. The summed E-state index contributed by atoms with van der Waals surface area (Å²) in [6, 6.07) is 13.5. The smallest absolute Gasteiger partial charge is 0.354 e. The molecule has 4 heteroatoms. The molecule has 0 fully saturated rings. The minimum absolute atomic E-state index is 0.122. The highest BCUT2D eigenvalue weighted by Gasteiger charge is 2.13. The Kier molecular flexibility index (Phi) is 4.13. The van der Waals surface area contributed by atoms with Crippen LogP contribution in [-0.4, -0.2) is 22.6 Å². The fraction of sp³-hybridized carbons (Fsp3) is 0.200. The van der Waals surface area contributed by atoms with Crippen LogP contribution < -0.4 is 4.90 Å². The van der Waals surface area contributed by atoms with Gasteiger partial charge in [-0.25, -0.2) is 9.78 Å². The molecule has 0 atom stereocenters. The van der Waals surface area contributed by atoms with Crippen LogP contribution in [0, 0.1) is 0 Å². The van der Waals surface area contributed by atoms with Gasteiger partial charge in [-0.05, 0) is 25.1 Å². The lowest BCUT2D eigenvalue weighted by atomic mass is 10.1. The highest BCUT2D eigenvalue weighted by atomic mass is 16.4. The topological polar surface area (TPSA) is 53.4 Å². The van der Waals surface area contributed by atoms with Crippen LogP contribution in [0.3, 0.4) is 0 Å². The zero-order chi connectivity index (χ0) is 13.7. The summed E-state index contributed by atoms with van der Waals surface area (Å²) in [5.41, 5.74) is 1.92. The number of hydrogen-bond donors (Lipinski definition) is 1. The van der Waals surface area contributed by atoms with E-state index in [0.29, 0.717) is 6.54 Å². The Hall–Kier alpha value is -2.36. The molecule has 0 spiro atoms. The Morgan fingerprint density at radius 1 is 1.21 bits per heavy atom. The minimum atomic E-state index is -0.986. The molecule has 0 saturated heterocycles. The Morgan fingerprint density at radius 3 is 2.58 bits per heavy atom. The first kappa shape index (κ1) is 13.1. The minimum Gasteiger partial charge on any atom is -0.477 e. The van der Waals surface area contributed by atoms with Crippen LogP contribution >= 0.6 is 0 Å². The normalized spacial score (nSPS) is 10.2. The third-order valence-electron chi connectivity index (χ3n) is 2.96. The number of anilines is 1. The van der Waals surface area contributed by atoms with E-state index in [1.165, 1.54) is 6.20 Å². The van der Waals surface area contributed by atoms with Crippen molar-refractivity contribution in [3.8, 4) is 0 Å². The number of carbonyl (C=O) groups is 1. The first-order valence-corrected chi connectivity index (χ1v) is 6.19. The first-order valence-electron chi connectivity index (χ1n) is 6.19. The summed E-state index contributed by atoms with van der Waals surface area (Å²) >= 11 is 0. The van der Waals surface area contributed by atoms with Crippen LogP contribution in [-0.2, 0) is 6.54 Å². The van der Waals surface area contributed by atoms with E-state index in [4.69, 9.17) is 5.11 Å². The average Bonchev–Trinajstić information content (AvgIpc) is 2.46. The number of nitrogens with zero attached hydrogens (tertiary/aromatic N) is 2. The van der Waals surface area contributed by atoms with Crippen LogP contribution in [0.4, 0.5) is 5.69 Å². The third-order valence-corrected chi connectivity index (χ3v) is 2.96. The van der Waals surface area contributed by atoms with E-state index < -0.39 is 5.97 Å². The van der Waals surface area contributed by atoms with E-state index in [-0.39, 0.29) is 5.69 Å². The maximum absolute atomic E-state index is 11.1. The van der Waals surface area contributed by atoms with E-state index >= 15 is 0 Å². The third kappa shape index (κ3) is 3.10. The van der Waals surface area contributed by atoms with Crippen molar-refractivity contribution in [2.75, 3.05) is 11.4 Å². The number of aromatic carboxylic acids is 1. The molecule has 0 bridgehead atoms. The van der Waals surface area contributed by atoms with Crippen molar-refractivity contribution in [2.45, 2.75) is 13.5 Å². The van der Waals surface area contributed by atoms with Gasteiger partial charge in [0, 0.05) is 30.5 Å².